The van der Waals surface area contributed by atoms with E-state index in [1.807, 2.05) is 31.3 Å². The van der Waals surface area contributed by atoms with Gasteiger partial charge in [0.15, 0.2) is 0 Å². The number of hydrogen-bond donors (Lipinski definition) is 2. The number of benzene rings is 1. The van der Waals surface area contributed by atoms with E-state index in [4.69, 9.17) is 4.74 Å². The molecule has 1 heterocycles. The number of amides is 1. The fourth-order valence-corrected chi connectivity index (χ4v) is 2.13. The van der Waals surface area contributed by atoms with Crippen molar-refractivity contribution in [2.24, 2.45) is 5.92 Å². The minimum Gasteiger partial charge on any atom is -0.388 e. The molecule has 1 saturated heterocycles. The van der Waals surface area contributed by atoms with Crippen molar-refractivity contribution in [3.8, 4) is 0 Å². The zero-order valence-electron chi connectivity index (χ0n) is 10.9. The van der Waals surface area contributed by atoms with Gasteiger partial charge >= 0.3 is 0 Å². The average Bonchev–Trinajstić information content (AvgIpc) is 2.41. The molecule has 1 fully saturated rings. The highest BCUT2D eigenvalue weighted by molar-refractivity contribution is 5.94. The molecule has 1 aromatic carbocycles. The van der Waals surface area contributed by atoms with Crippen LogP contribution in [0.2, 0.25) is 0 Å². The van der Waals surface area contributed by atoms with Gasteiger partial charge in [0.25, 0.3) is 5.91 Å². The molecular weight excluding hydrogens is 228 g/mol. The monoisotopic (exact) mass is 248 g/mol. The van der Waals surface area contributed by atoms with E-state index in [-0.39, 0.29) is 11.9 Å². The van der Waals surface area contributed by atoms with Crippen LogP contribution in [0.15, 0.2) is 24.3 Å². The highest BCUT2D eigenvalue weighted by atomic mass is 16.5. The molecule has 0 spiro atoms. The van der Waals surface area contributed by atoms with Crippen molar-refractivity contribution in [3.63, 3.8) is 0 Å². The van der Waals surface area contributed by atoms with Gasteiger partial charge in [0.2, 0.25) is 0 Å². The first-order valence-electron chi connectivity index (χ1n) is 6.37. The Kier molecular flexibility index (Phi) is 4.20. The molecular formula is C14H20N2O2. The van der Waals surface area contributed by atoms with E-state index in [0.717, 1.165) is 25.3 Å². The van der Waals surface area contributed by atoms with Crippen molar-refractivity contribution in [1.29, 1.82) is 0 Å². The summed E-state index contributed by atoms with van der Waals surface area (Å²) in [5.74, 6) is 0.371. The Labute approximate surface area is 108 Å². The summed E-state index contributed by atoms with van der Waals surface area (Å²) in [6.45, 7) is 3.56. The maximum Gasteiger partial charge on any atom is 0.251 e. The fourth-order valence-electron chi connectivity index (χ4n) is 2.13. The molecule has 2 rings (SSSR count). The van der Waals surface area contributed by atoms with Crippen LogP contribution < -0.4 is 10.6 Å². The van der Waals surface area contributed by atoms with Gasteiger partial charge in [-0.2, -0.15) is 0 Å². The molecule has 0 aliphatic carbocycles. The Balaban J connectivity index is 1.97. The second-order valence-electron chi connectivity index (χ2n) is 4.75. The van der Waals surface area contributed by atoms with Crippen LogP contribution in [0.4, 0.5) is 5.69 Å². The van der Waals surface area contributed by atoms with Gasteiger partial charge in [-0.1, -0.05) is 6.92 Å². The Bertz CT molecular complexity index is 403. The lowest BCUT2D eigenvalue weighted by molar-refractivity contribution is 0.0375. The minimum atomic E-state index is -0.00333. The van der Waals surface area contributed by atoms with E-state index in [2.05, 4.69) is 17.6 Å². The third-order valence-corrected chi connectivity index (χ3v) is 3.39. The summed E-state index contributed by atoms with van der Waals surface area (Å²) >= 11 is 0. The van der Waals surface area contributed by atoms with Gasteiger partial charge in [0.1, 0.15) is 0 Å². The molecule has 1 aliphatic rings. The Morgan fingerprint density at radius 2 is 2.06 bits per heavy atom. The predicted molar refractivity (Wildman–Crippen MR) is 71.8 cm³/mol. The smallest absolute Gasteiger partial charge is 0.251 e. The maximum absolute atomic E-state index is 12.1. The van der Waals surface area contributed by atoms with Crippen LogP contribution >= 0.6 is 0 Å². The van der Waals surface area contributed by atoms with Crippen LogP contribution in [0.3, 0.4) is 0 Å². The van der Waals surface area contributed by atoms with Gasteiger partial charge in [-0.15, -0.1) is 0 Å². The normalized spacial score (nSPS) is 23.4. The van der Waals surface area contributed by atoms with Crippen LogP contribution in [0.25, 0.3) is 0 Å². The highest BCUT2D eigenvalue weighted by Gasteiger charge is 2.23. The lowest BCUT2D eigenvalue weighted by Crippen LogP contribution is -2.44. The Morgan fingerprint density at radius 1 is 1.33 bits per heavy atom. The van der Waals surface area contributed by atoms with Crippen LogP contribution in [0, 0.1) is 5.92 Å². The molecule has 0 radical (unpaired) electrons. The lowest BCUT2D eigenvalue weighted by atomic mass is 9.97. The van der Waals surface area contributed by atoms with E-state index < -0.39 is 0 Å². The van der Waals surface area contributed by atoms with Crippen LogP contribution in [-0.4, -0.2) is 32.2 Å². The second-order valence-corrected chi connectivity index (χ2v) is 4.75. The van der Waals surface area contributed by atoms with Crippen molar-refractivity contribution in [2.75, 3.05) is 25.6 Å². The van der Waals surface area contributed by atoms with Crippen LogP contribution in [0.1, 0.15) is 23.7 Å². The van der Waals surface area contributed by atoms with Crippen molar-refractivity contribution in [1.82, 2.24) is 5.32 Å². The number of rotatable bonds is 3. The van der Waals surface area contributed by atoms with E-state index >= 15 is 0 Å². The molecule has 18 heavy (non-hydrogen) atoms. The first kappa shape index (κ1) is 12.9. The summed E-state index contributed by atoms with van der Waals surface area (Å²) in [6.07, 6.45) is 0.890. The van der Waals surface area contributed by atoms with Gasteiger partial charge in [-0.25, -0.2) is 0 Å². The molecule has 0 aromatic heterocycles. The number of anilines is 1. The first-order chi connectivity index (χ1) is 8.70. The third kappa shape index (κ3) is 3.01. The molecule has 1 amide bonds. The van der Waals surface area contributed by atoms with Crippen LogP contribution in [-0.2, 0) is 4.74 Å². The zero-order chi connectivity index (χ0) is 13.0. The van der Waals surface area contributed by atoms with Crippen molar-refractivity contribution in [2.45, 2.75) is 19.4 Å². The standard InChI is InChI=1S/C14H20N2O2/c1-10-9-18-8-7-13(10)16-14(17)11-3-5-12(15-2)6-4-11/h3-6,10,13,15H,7-9H2,1-2H3,(H,16,17). The van der Waals surface area contributed by atoms with E-state index in [9.17, 15) is 4.79 Å². The molecule has 2 N–H and O–H groups in total. The lowest BCUT2D eigenvalue weighted by Gasteiger charge is -2.29. The van der Waals surface area contributed by atoms with Crippen molar-refractivity contribution >= 4 is 11.6 Å². The molecule has 2 unspecified atom stereocenters. The molecule has 0 saturated carbocycles. The molecule has 0 bridgehead atoms. The molecule has 4 heteroatoms. The zero-order valence-corrected chi connectivity index (χ0v) is 10.9. The molecule has 2 atom stereocenters. The van der Waals surface area contributed by atoms with Gasteiger partial charge in [-0.05, 0) is 36.6 Å². The Morgan fingerprint density at radius 3 is 2.67 bits per heavy atom. The molecule has 98 valence electrons. The average molecular weight is 248 g/mol. The maximum atomic E-state index is 12.1. The number of carbonyl (C=O) groups excluding carboxylic acids is 1. The van der Waals surface area contributed by atoms with Gasteiger partial charge in [-0.3, -0.25) is 4.79 Å². The van der Waals surface area contributed by atoms with Crippen molar-refractivity contribution < 1.29 is 9.53 Å². The second kappa shape index (κ2) is 5.87. The Hall–Kier alpha value is -1.55. The van der Waals surface area contributed by atoms with E-state index in [0.29, 0.717) is 11.5 Å². The van der Waals surface area contributed by atoms with E-state index in [1.54, 1.807) is 0 Å². The van der Waals surface area contributed by atoms with E-state index in [1.165, 1.54) is 0 Å². The highest BCUT2D eigenvalue weighted by Crippen LogP contribution is 2.15. The summed E-state index contributed by atoms with van der Waals surface area (Å²) in [4.78, 5) is 12.1. The van der Waals surface area contributed by atoms with Gasteiger partial charge < -0.3 is 15.4 Å². The minimum absolute atomic E-state index is 0.00333. The van der Waals surface area contributed by atoms with Crippen LogP contribution in [0.5, 0.6) is 0 Å². The van der Waals surface area contributed by atoms with Gasteiger partial charge in [0, 0.05) is 30.9 Å². The largest absolute Gasteiger partial charge is 0.388 e. The summed E-state index contributed by atoms with van der Waals surface area (Å²) < 4.78 is 5.37. The molecule has 1 aliphatic heterocycles. The summed E-state index contributed by atoms with van der Waals surface area (Å²) in [6, 6.07) is 7.70. The topological polar surface area (TPSA) is 50.4 Å². The number of nitrogens with one attached hydrogen (secondary N) is 2. The first-order valence-corrected chi connectivity index (χ1v) is 6.37. The summed E-state index contributed by atoms with van der Waals surface area (Å²) in [7, 11) is 1.86. The number of hydrogen-bond acceptors (Lipinski definition) is 3. The molecule has 4 nitrogen and oxygen atoms in total. The number of ether oxygens (including phenoxy) is 1. The summed E-state index contributed by atoms with van der Waals surface area (Å²) in [5, 5.41) is 6.12. The quantitative estimate of drug-likeness (QED) is 0.858. The van der Waals surface area contributed by atoms with Gasteiger partial charge in [0.05, 0.1) is 6.61 Å². The molecule has 1 aromatic rings. The summed E-state index contributed by atoms with van der Waals surface area (Å²) in [5.41, 5.74) is 1.71. The van der Waals surface area contributed by atoms with Crippen molar-refractivity contribution in [3.05, 3.63) is 29.8 Å². The third-order valence-electron chi connectivity index (χ3n) is 3.39. The SMILES string of the molecule is CNc1ccc(C(=O)NC2CCOCC2C)cc1. The predicted octanol–water partition coefficient (Wildman–Crippen LogP) is 1.88. The fraction of sp³-hybridized carbons (Fsp3) is 0.500. The number of carbonyl (C=O) groups is 1.